The topological polar surface area (TPSA) is 101 Å². The van der Waals surface area contributed by atoms with Crippen molar-refractivity contribution in [2.75, 3.05) is 61.1 Å². The highest BCUT2D eigenvalue weighted by atomic mass is 16.5. The Labute approximate surface area is 229 Å². The van der Waals surface area contributed by atoms with Gasteiger partial charge in [0.25, 0.3) is 11.8 Å². The molecular formula is C29H38N4O6. The number of piperidine rings is 1. The fraction of sp³-hybridized carbons (Fsp3) is 0.483. The predicted molar refractivity (Wildman–Crippen MR) is 146 cm³/mol. The van der Waals surface area contributed by atoms with Crippen LogP contribution in [-0.4, -0.2) is 105 Å². The maximum atomic E-state index is 13.8. The lowest BCUT2D eigenvalue weighted by Crippen LogP contribution is -2.60. The molecule has 10 nitrogen and oxygen atoms in total. The molecule has 1 atom stereocenters. The second-order valence-electron chi connectivity index (χ2n) is 10.3. The molecule has 2 aliphatic heterocycles. The number of likely N-dealkylation sites (N-methyl/N-ethyl adjacent to an activating group) is 1. The first-order chi connectivity index (χ1) is 18.7. The van der Waals surface area contributed by atoms with Crippen LogP contribution < -0.4 is 14.8 Å². The molecule has 4 rings (SSSR count). The van der Waals surface area contributed by atoms with E-state index < -0.39 is 11.8 Å². The van der Waals surface area contributed by atoms with Gasteiger partial charge in [0.2, 0.25) is 5.91 Å². The molecule has 1 spiro atoms. The highest BCUT2D eigenvalue weighted by molar-refractivity contribution is 5.99. The van der Waals surface area contributed by atoms with Crippen molar-refractivity contribution in [3.8, 4) is 11.5 Å². The van der Waals surface area contributed by atoms with Gasteiger partial charge in [-0.1, -0.05) is 17.7 Å². The number of amides is 3. The number of likely N-dealkylation sites (tertiary alicyclic amines) is 1. The largest absolute Gasteiger partial charge is 0.493 e. The monoisotopic (exact) mass is 538 g/mol. The van der Waals surface area contributed by atoms with Gasteiger partial charge in [0.15, 0.2) is 11.5 Å². The Bertz CT molecular complexity index is 1190. The van der Waals surface area contributed by atoms with Crippen molar-refractivity contribution in [3.63, 3.8) is 0 Å². The van der Waals surface area contributed by atoms with Gasteiger partial charge in [-0.2, -0.15) is 0 Å². The molecule has 3 amide bonds. The first-order valence-electron chi connectivity index (χ1n) is 13.2. The molecule has 10 heteroatoms. The van der Waals surface area contributed by atoms with Crippen LogP contribution in [0.4, 0.5) is 0 Å². The van der Waals surface area contributed by atoms with Crippen molar-refractivity contribution in [3.05, 3.63) is 59.2 Å². The molecular weight excluding hydrogens is 500 g/mol. The zero-order valence-corrected chi connectivity index (χ0v) is 23.4. The van der Waals surface area contributed by atoms with Crippen molar-refractivity contribution >= 4 is 17.7 Å². The van der Waals surface area contributed by atoms with Crippen LogP contribution in [-0.2, 0) is 9.53 Å². The number of hydrogen-bond donors (Lipinski definition) is 1. The first kappa shape index (κ1) is 28.4. The molecule has 2 saturated heterocycles. The number of aryl methyl sites for hydroxylation is 1. The van der Waals surface area contributed by atoms with Gasteiger partial charge < -0.3 is 29.3 Å². The Kier molecular flexibility index (Phi) is 8.76. The Hall–Kier alpha value is -3.63. The van der Waals surface area contributed by atoms with Crippen LogP contribution in [0.5, 0.6) is 11.5 Å². The van der Waals surface area contributed by atoms with Crippen molar-refractivity contribution in [1.29, 1.82) is 0 Å². The van der Waals surface area contributed by atoms with E-state index in [4.69, 9.17) is 14.2 Å². The SMILES string of the molecule is COc1ccc(C(=O)N2CCC3(CC2)OCC(C(=O)NCCN(C)C)N3C(=O)c2ccc(C)cc2)cc1OC. The summed E-state index contributed by atoms with van der Waals surface area (Å²) in [6, 6.07) is 11.6. The van der Waals surface area contributed by atoms with Crippen LogP contribution in [0.25, 0.3) is 0 Å². The molecule has 1 N–H and O–H groups in total. The number of nitrogens with zero attached hydrogens (tertiary/aromatic N) is 3. The third kappa shape index (κ3) is 6.02. The van der Waals surface area contributed by atoms with Crippen LogP contribution in [0, 0.1) is 6.92 Å². The second kappa shape index (κ2) is 12.0. The number of hydrogen-bond acceptors (Lipinski definition) is 7. The van der Waals surface area contributed by atoms with Crippen LogP contribution >= 0.6 is 0 Å². The van der Waals surface area contributed by atoms with Gasteiger partial charge in [0.1, 0.15) is 11.8 Å². The normalized spacial score (nSPS) is 18.4. The number of methoxy groups -OCH3 is 2. The molecule has 39 heavy (non-hydrogen) atoms. The van der Waals surface area contributed by atoms with E-state index in [1.807, 2.05) is 38.1 Å². The number of rotatable bonds is 8. The lowest BCUT2D eigenvalue weighted by atomic mass is 9.96. The molecule has 0 aliphatic carbocycles. The molecule has 2 fully saturated rings. The summed E-state index contributed by atoms with van der Waals surface area (Å²) in [5, 5.41) is 2.95. The van der Waals surface area contributed by atoms with Crippen LogP contribution in [0.1, 0.15) is 39.1 Å². The summed E-state index contributed by atoms with van der Waals surface area (Å²) < 4.78 is 16.9. The van der Waals surface area contributed by atoms with E-state index in [9.17, 15) is 14.4 Å². The van der Waals surface area contributed by atoms with Gasteiger partial charge in [-0.3, -0.25) is 19.3 Å². The molecule has 0 radical (unpaired) electrons. The van der Waals surface area contributed by atoms with Gasteiger partial charge in [0.05, 0.1) is 20.8 Å². The summed E-state index contributed by atoms with van der Waals surface area (Å²) in [6.07, 6.45) is 0.788. The zero-order valence-electron chi connectivity index (χ0n) is 23.4. The van der Waals surface area contributed by atoms with E-state index in [0.29, 0.717) is 61.6 Å². The fourth-order valence-electron chi connectivity index (χ4n) is 5.13. The first-order valence-corrected chi connectivity index (χ1v) is 13.2. The summed E-state index contributed by atoms with van der Waals surface area (Å²) in [6.45, 7) is 3.97. The van der Waals surface area contributed by atoms with E-state index in [0.717, 1.165) is 5.56 Å². The number of ether oxygens (including phenoxy) is 3. The molecule has 0 aromatic heterocycles. The molecule has 2 heterocycles. The predicted octanol–water partition coefficient (Wildman–Crippen LogP) is 2.16. The van der Waals surface area contributed by atoms with Crippen molar-refractivity contribution in [2.45, 2.75) is 31.5 Å². The third-order valence-electron chi connectivity index (χ3n) is 7.40. The fourth-order valence-corrected chi connectivity index (χ4v) is 5.13. The molecule has 1 unspecified atom stereocenters. The summed E-state index contributed by atoms with van der Waals surface area (Å²) in [7, 11) is 6.94. The number of carbonyl (C=O) groups excluding carboxylic acids is 3. The molecule has 0 saturated carbocycles. The summed E-state index contributed by atoms with van der Waals surface area (Å²) >= 11 is 0. The van der Waals surface area contributed by atoms with E-state index in [1.54, 1.807) is 47.2 Å². The van der Waals surface area contributed by atoms with Crippen molar-refractivity contribution in [1.82, 2.24) is 20.0 Å². The van der Waals surface area contributed by atoms with Crippen molar-refractivity contribution < 1.29 is 28.6 Å². The smallest absolute Gasteiger partial charge is 0.256 e. The zero-order chi connectivity index (χ0) is 28.2. The maximum Gasteiger partial charge on any atom is 0.256 e. The average Bonchev–Trinajstić information content (AvgIpc) is 3.30. The van der Waals surface area contributed by atoms with E-state index >= 15 is 0 Å². The molecule has 2 aromatic rings. The second-order valence-corrected chi connectivity index (χ2v) is 10.3. The maximum absolute atomic E-state index is 13.8. The quantitative estimate of drug-likeness (QED) is 0.550. The van der Waals surface area contributed by atoms with Crippen molar-refractivity contribution in [2.24, 2.45) is 0 Å². The summed E-state index contributed by atoms with van der Waals surface area (Å²) in [4.78, 5) is 45.7. The minimum atomic E-state index is -0.972. The minimum Gasteiger partial charge on any atom is -0.493 e. The van der Waals surface area contributed by atoms with Crippen LogP contribution in [0.2, 0.25) is 0 Å². The van der Waals surface area contributed by atoms with E-state index in [2.05, 4.69) is 5.32 Å². The molecule has 0 bridgehead atoms. The van der Waals surface area contributed by atoms with Crippen LogP contribution in [0.15, 0.2) is 42.5 Å². The Morgan fingerprint density at radius 2 is 1.62 bits per heavy atom. The number of benzene rings is 2. The van der Waals surface area contributed by atoms with E-state index in [-0.39, 0.29) is 24.3 Å². The van der Waals surface area contributed by atoms with Gasteiger partial charge in [-0.15, -0.1) is 0 Å². The molecule has 2 aromatic carbocycles. The Morgan fingerprint density at radius 1 is 0.974 bits per heavy atom. The lowest BCUT2D eigenvalue weighted by molar-refractivity contribution is -0.128. The highest BCUT2D eigenvalue weighted by Crippen LogP contribution is 2.39. The van der Waals surface area contributed by atoms with Gasteiger partial charge >= 0.3 is 0 Å². The Balaban J connectivity index is 1.54. The number of carbonyl (C=O) groups is 3. The molecule has 210 valence electrons. The van der Waals surface area contributed by atoms with Crippen LogP contribution in [0.3, 0.4) is 0 Å². The lowest BCUT2D eigenvalue weighted by Gasteiger charge is -2.44. The summed E-state index contributed by atoms with van der Waals surface area (Å²) in [5.41, 5.74) is 1.06. The standard InChI is InChI=1S/C29H38N4O6/c1-20-6-8-21(9-7-20)28(36)33-23(26(34)30-14-17-31(2)3)19-39-29(33)12-15-32(16-13-29)27(35)22-10-11-24(37-4)25(18-22)38-5/h6-11,18,23H,12-17,19H2,1-5H3,(H,30,34). The third-order valence-corrected chi connectivity index (χ3v) is 7.40. The number of nitrogens with one attached hydrogen (secondary N) is 1. The van der Waals surface area contributed by atoms with Gasteiger partial charge in [-0.05, 0) is 51.4 Å². The van der Waals surface area contributed by atoms with Gasteiger partial charge in [-0.25, -0.2) is 0 Å². The van der Waals surface area contributed by atoms with E-state index in [1.165, 1.54) is 7.11 Å². The summed E-state index contributed by atoms with van der Waals surface area (Å²) in [5.74, 6) is 0.399. The highest BCUT2D eigenvalue weighted by Gasteiger charge is 2.54. The Morgan fingerprint density at radius 3 is 2.23 bits per heavy atom. The minimum absolute atomic E-state index is 0.106. The molecule has 2 aliphatic rings. The van der Waals surface area contributed by atoms with Gasteiger partial charge in [0, 0.05) is 50.1 Å². The average molecular weight is 539 g/mol.